The summed E-state index contributed by atoms with van der Waals surface area (Å²) in [6.07, 6.45) is 2.05. The second kappa shape index (κ2) is 8.49. The van der Waals surface area contributed by atoms with E-state index in [-0.39, 0.29) is 35.5 Å². The molecule has 1 saturated heterocycles. The maximum absolute atomic E-state index is 13.8. The van der Waals surface area contributed by atoms with Gasteiger partial charge in [0, 0.05) is 35.9 Å². The van der Waals surface area contributed by atoms with E-state index in [0.717, 1.165) is 18.4 Å². The van der Waals surface area contributed by atoms with E-state index < -0.39 is 5.41 Å². The zero-order valence-corrected chi connectivity index (χ0v) is 20.4. The van der Waals surface area contributed by atoms with Gasteiger partial charge in [0.05, 0.1) is 18.9 Å². The number of ether oxygens (including phenoxy) is 1. The van der Waals surface area contributed by atoms with Crippen LogP contribution in [0, 0.1) is 11.3 Å². The Morgan fingerprint density at radius 1 is 1.03 bits per heavy atom. The molecule has 0 spiro atoms. The molecule has 0 unspecified atom stereocenters. The highest BCUT2D eigenvalue weighted by molar-refractivity contribution is 5.89. The number of methoxy groups -OCH3 is 1. The Morgan fingerprint density at radius 2 is 1.75 bits per heavy atom. The molecule has 0 aromatic heterocycles. The highest BCUT2D eigenvalue weighted by atomic mass is 16.5. The number of hydrazine groups is 1. The summed E-state index contributed by atoms with van der Waals surface area (Å²) in [6.45, 7) is 0.878. The van der Waals surface area contributed by atoms with Gasteiger partial charge in [-0.2, -0.15) is 0 Å². The van der Waals surface area contributed by atoms with Gasteiger partial charge in [0.1, 0.15) is 5.75 Å². The summed E-state index contributed by atoms with van der Waals surface area (Å²) in [7, 11) is 1.62. The van der Waals surface area contributed by atoms with E-state index in [1.165, 1.54) is 16.7 Å². The zero-order chi connectivity index (χ0) is 24.9. The van der Waals surface area contributed by atoms with Crippen molar-refractivity contribution in [2.45, 2.75) is 30.6 Å². The smallest absolute Gasteiger partial charge is 0.242 e. The van der Waals surface area contributed by atoms with Gasteiger partial charge >= 0.3 is 0 Å². The number of amides is 2. The average molecular weight is 482 g/mol. The van der Waals surface area contributed by atoms with Gasteiger partial charge in [-0.3, -0.25) is 15.0 Å². The summed E-state index contributed by atoms with van der Waals surface area (Å²) in [5.41, 5.74) is 5.92. The summed E-state index contributed by atoms with van der Waals surface area (Å²) in [5, 5.41) is 0. The maximum atomic E-state index is 13.8. The third-order valence-electron chi connectivity index (χ3n) is 9.07. The Balaban J connectivity index is 1.48. The Bertz CT molecular complexity index is 1330. The van der Waals surface area contributed by atoms with Crippen LogP contribution in [-0.2, 0) is 21.4 Å². The highest BCUT2D eigenvalue weighted by Crippen LogP contribution is 2.68. The van der Waals surface area contributed by atoms with Crippen LogP contribution < -0.4 is 16.0 Å². The lowest BCUT2D eigenvalue weighted by Crippen LogP contribution is -2.63. The summed E-state index contributed by atoms with van der Waals surface area (Å²) in [6, 6.07) is 26.7. The number of para-hydroxylation sites is 1. The molecule has 1 aliphatic heterocycles. The molecule has 0 radical (unpaired) electrons. The molecule has 4 atom stereocenters. The number of nitrogens with zero attached hydrogens (tertiary/aromatic N) is 1. The number of likely N-dealkylation sites (tertiary alicyclic amines) is 1. The summed E-state index contributed by atoms with van der Waals surface area (Å²) in [4.78, 5) is 29.4. The fourth-order valence-electron chi connectivity index (χ4n) is 7.66. The lowest BCUT2D eigenvalue weighted by Gasteiger charge is -2.60. The molecule has 4 aliphatic rings. The first-order valence-electron chi connectivity index (χ1n) is 12.6. The predicted molar refractivity (Wildman–Crippen MR) is 137 cm³/mol. The zero-order valence-electron chi connectivity index (χ0n) is 20.4. The topological polar surface area (TPSA) is 84.7 Å². The highest BCUT2D eigenvalue weighted by Gasteiger charge is 2.70. The molecule has 3 aromatic carbocycles. The maximum Gasteiger partial charge on any atom is 0.242 e. The molecule has 2 fully saturated rings. The molecule has 184 valence electrons. The van der Waals surface area contributed by atoms with Crippen molar-refractivity contribution in [3.63, 3.8) is 0 Å². The number of hydrogen-bond donors (Lipinski definition) is 2. The van der Waals surface area contributed by atoms with Crippen molar-refractivity contribution in [1.29, 1.82) is 0 Å². The van der Waals surface area contributed by atoms with Gasteiger partial charge in [-0.15, -0.1) is 0 Å². The van der Waals surface area contributed by atoms with E-state index in [0.29, 0.717) is 18.8 Å². The fraction of sp³-hybridized carbons (Fsp3) is 0.333. The first kappa shape index (κ1) is 22.8. The van der Waals surface area contributed by atoms with Crippen LogP contribution in [0.5, 0.6) is 5.75 Å². The molecule has 7 rings (SSSR count). The van der Waals surface area contributed by atoms with E-state index in [1.807, 2.05) is 35.2 Å². The van der Waals surface area contributed by atoms with Gasteiger partial charge in [-0.1, -0.05) is 72.8 Å². The second-order valence-corrected chi connectivity index (χ2v) is 10.3. The van der Waals surface area contributed by atoms with E-state index in [2.05, 4.69) is 54.0 Å². The lowest BCUT2D eigenvalue weighted by atomic mass is 9.42. The molecule has 1 saturated carbocycles. The Morgan fingerprint density at radius 3 is 2.53 bits per heavy atom. The number of carbonyl (C=O) groups excluding carboxylic acids is 2. The van der Waals surface area contributed by atoms with Crippen molar-refractivity contribution in [2.24, 2.45) is 17.2 Å². The minimum atomic E-state index is -0.784. The van der Waals surface area contributed by atoms with Crippen LogP contribution >= 0.6 is 0 Å². The normalized spacial score (nSPS) is 27.8. The van der Waals surface area contributed by atoms with Crippen LogP contribution in [0.25, 0.3) is 0 Å². The van der Waals surface area contributed by atoms with Crippen molar-refractivity contribution in [2.75, 3.05) is 20.2 Å². The van der Waals surface area contributed by atoms with E-state index in [9.17, 15) is 9.59 Å². The number of hydrogen-bond acceptors (Lipinski definition) is 4. The molecule has 1 heterocycles. The molecule has 2 bridgehead atoms. The number of carbonyl (C=O) groups is 2. The van der Waals surface area contributed by atoms with Crippen molar-refractivity contribution in [3.05, 3.63) is 101 Å². The van der Waals surface area contributed by atoms with Crippen LogP contribution in [0.2, 0.25) is 0 Å². The Hall–Kier alpha value is -3.64. The number of nitrogens with one attached hydrogen (secondary N) is 1. The molecular weight excluding hydrogens is 450 g/mol. The van der Waals surface area contributed by atoms with Crippen molar-refractivity contribution >= 4 is 11.8 Å². The monoisotopic (exact) mass is 481 g/mol. The minimum Gasteiger partial charge on any atom is -0.496 e. The first-order chi connectivity index (χ1) is 17.6. The third kappa shape index (κ3) is 3.00. The molecule has 3 aliphatic carbocycles. The van der Waals surface area contributed by atoms with Crippen LogP contribution in [0.4, 0.5) is 0 Å². The molecule has 2 amide bonds. The molecule has 3 aromatic rings. The SMILES string of the molecule is COc1ccccc1CC(=O)N1C[C@@H]2[C@@]3(c4ccccc4)CC[C@H](c4ccccc43)[C@]2(C(=O)NN)C1. The number of benzene rings is 3. The fourth-order valence-corrected chi connectivity index (χ4v) is 7.66. The first-order valence-corrected chi connectivity index (χ1v) is 12.6. The van der Waals surface area contributed by atoms with Crippen molar-refractivity contribution < 1.29 is 14.3 Å². The van der Waals surface area contributed by atoms with Gasteiger partial charge in [0.15, 0.2) is 0 Å². The van der Waals surface area contributed by atoms with Gasteiger partial charge in [0.25, 0.3) is 0 Å². The second-order valence-electron chi connectivity index (χ2n) is 10.3. The largest absolute Gasteiger partial charge is 0.496 e. The molecule has 6 heteroatoms. The predicted octanol–water partition coefficient (Wildman–Crippen LogP) is 3.55. The van der Waals surface area contributed by atoms with E-state index in [4.69, 9.17) is 10.6 Å². The quantitative estimate of drug-likeness (QED) is 0.332. The number of fused-ring (bicyclic) bond motifs is 1. The molecule has 36 heavy (non-hydrogen) atoms. The van der Waals surface area contributed by atoms with Crippen LogP contribution in [0.1, 0.15) is 41.0 Å². The van der Waals surface area contributed by atoms with Crippen molar-refractivity contribution in [1.82, 2.24) is 10.3 Å². The Labute approximate surface area is 211 Å². The molecule has 6 nitrogen and oxygen atoms in total. The van der Waals surface area contributed by atoms with Gasteiger partial charge in [0.2, 0.25) is 11.8 Å². The van der Waals surface area contributed by atoms with Crippen LogP contribution in [0.3, 0.4) is 0 Å². The van der Waals surface area contributed by atoms with Crippen LogP contribution in [0.15, 0.2) is 78.9 Å². The summed E-state index contributed by atoms with van der Waals surface area (Å²) < 4.78 is 5.49. The molecule has 3 N–H and O–H groups in total. The number of nitrogens with two attached hydrogens (primary N) is 1. The molecular formula is C30H31N3O3. The minimum absolute atomic E-state index is 0.00441. The van der Waals surface area contributed by atoms with E-state index >= 15 is 0 Å². The Kier molecular flexibility index (Phi) is 5.38. The average Bonchev–Trinajstić information content (AvgIpc) is 3.37. The van der Waals surface area contributed by atoms with Gasteiger partial charge in [-0.25, -0.2) is 5.84 Å². The van der Waals surface area contributed by atoms with Crippen LogP contribution in [-0.4, -0.2) is 36.9 Å². The standard InChI is InChI=1S/C30H31N3O3/c1-36-25-14-8-5-9-20(25)17-27(34)33-18-26-29(21-10-3-2-4-11-21)16-15-24(22-12-6-7-13-23(22)29)30(26,19-33)28(35)32-31/h2-14,24,26H,15-19,31H2,1H3,(H,32,35)/t24-,26-,29-,30-/m1/s1. The van der Waals surface area contributed by atoms with Crippen molar-refractivity contribution in [3.8, 4) is 5.75 Å². The van der Waals surface area contributed by atoms with E-state index in [1.54, 1.807) is 7.11 Å². The van der Waals surface area contributed by atoms with Gasteiger partial charge < -0.3 is 9.64 Å². The summed E-state index contributed by atoms with van der Waals surface area (Å²) in [5.74, 6) is 6.32. The third-order valence-corrected chi connectivity index (χ3v) is 9.07. The lowest BCUT2D eigenvalue weighted by molar-refractivity contribution is -0.139. The van der Waals surface area contributed by atoms with Gasteiger partial charge in [-0.05, 0) is 35.6 Å². The number of rotatable bonds is 5. The summed E-state index contributed by atoms with van der Waals surface area (Å²) >= 11 is 0.